The van der Waals surface area contributed by atoms with Crippen molar-refractivity contribution in [2.75, 3.05) is 5.43 Å². The summed E-state index contributed by atoms with van der Waals surface area (Å²) >= 11 is 9.10. The number of hydrogen-bond donors (Lipinski definition) is 3. The number of halogens is 2. The molecule has 0 atom stereocenters. The number of rotatable bonds is 3. The predicted molar refractivity (Wildman–Crippen MR) is 93.6 cm³/mol. The third kappa shape index (κ3) is 3.48. The second-order valence-electron chi connectivity index (χ2n) is 5.02. The summed E-state index contributed by atoms with van der Waals surface area (Å²) in [6, 6.07) is 6.72. The fraction of sp³-hybridized carbons (Fsp3) is 0.125. The number of fused-ring (bicyclic) bond motifs is 1. The molecule has 0 unspecified atom stereocenters. The number of pyridine rings is 1. The maximum Gasteiger partial charge on any atom is 0.273 e. The summed E-state index contributed by atoms with van der Waals surface area (Å²) in [7, 11) is 0. The Morgan fingerprint density at radius 2 is 2.04 bits per heavy atom. The largest absolute Gasteiger partial charge is 0.506 e. The van der Waals surface area contributed by atoms with E-state index in [0.717, 1.165) is 23.4 Å². The number of carbonyl (C=O) groups is 1. The molecule has 118 valence electrons. The van der Waals surface area contributed by atoms with Crippen LogP contribution in [-0.2, 0) is 0 Å². The number of amides is 1. The van der Waals surface area contributed by atoms with E-state index in [1.807, 2.05) is 6.07 Å². The Bertz CT molecular complexity index is 899. The fourth-order valence-electron chi connectivity index (χ4n) is 2.28. The molecule has 3 N–H and O–H groups in total. The normalized spacial score (nSPS) is 12.6. The first kappa shape index (κ1) is 15.8. The summed E-state index contributed by atoms with van der Waals surface area (Å²) in [6.07, 6.45) is 6.16. The van der Waals surface area contributed by atoms with Crippen LogP contribution in [0.3, 0.4) is 0 Å². The highest BCUT2D eigenvalue weighted by Gasteiger charge is 2.15. The monoisotopic (exact) mass is 393 g/mol. The number of anilines is 1. The molecule has 1 aliphatic carbocycles. The fourth-order valence-corrected chi connectivity index (χ4v) is 3.09. The van der Waals surface area contributed by atoms with Gasteiger partial charge in [-0.25, -0.2) is 4.98 Å². The third-order valence-electron chi connectivity index (χ3n) is 3.40. The number of phenols is 1. The zero-order chi connectivity index (χ0) is 16.4. The molecule has 1 aromatic carbocycles. The van der Waals surface area contributed by atoms with Crippen LogP contribution in [0.25, 0.3) is 12.2 Å². The molecule has 2 aromatic rings. The number of benzene rings is 1. The molecule has 7 heteroatoms. The Morgan fingerprint density at radius 1 is 1.26 bits per heavy atom. The van der Waals surface area contributed by atoms with Gasteiger partial charge >= 0.3 is 0 Å². The van der Waals surface area contributed by atoms with Crippen LogP contribution in [0, 0.1) is 0 Å². The maximum atomic E-state index is 12.2. The Hall–Kier alpha value is -2.05. The quantitative estimate of drug-likeness (QED) is 0.699. The molecule has 0 fully saturated rings. The number of hydrogen-bond acceptors (Lipinski definition) is 4. The molecule has 1 amide bonds. The van der Waals surface area contributed by atoms with E-state index in [9.17, 15) is 9.90 Å². The summed E-state index contributed by atoms with van der Waals surface area (Å²) in [5.41, 5.74) is 5.31. The average molecular weight is 395 g/mol. The molecule has 0 spiro atoms. The van der Waals surface area contributed by atoms with Crippen molar-refractivity contribution in [1.82, 2.24) is 10.4 Å². The van der Waals surface area contributed by atoms with Gasteiger partial charge < -0.3 is 5.11 Å². The molecule has 0 aliphatic heterocycles. The maximum absolute atomic E-state index is 12.2. The van der Waals surface area contributed by atoms with E-state index in [1.165, 1.54) is 12.1 Å². The predicted octanol–water partition coefficient (Wildman–Crippen LogP) is 2.31. The van der Waals surface area contributed by atoms with Gasteiger partial charge in [-0.05, 0) is 42.3 Å². The summed E-state index contributed by atoms with van der Waals surface area (Å²) in [6.45, 7) is 0. The van der Waals surface area contributed by atoms with E-state index in [4.69, 9.17) is 11.6 Å². The van der Waals surface area contributed by atoms with Crippen molar-refractivity contribution >= 4 is 51.4 Å². The first-order valence-electron chi connectivity index (χ1n) is 6.96. The molecule has 0 saturated heterocycles. The summed E-state index contributed by atoms with van der Waals surface area (Å²) in [5, 5.41) is 12.0. The van der Waals surface area contributed by atoms with E-state index >= 15 is 0 Å². The van der Waals surface area contributed by atoms with Gasteiger partial charge in [-0.1, -0.05) is 39.7 Å². The molecule has 3 rings (SSSR count). The van der Waals surface area contributed by atoms with Gasteiger partial charge in [-0.3, -0.25) is 15.6 Å². The summed E-state index contributed by atoms with van der Waals surface area (Å²) < 4.78 is 0.600. The van der Waals surface area contributed by atoms with E-state index in [-0.39, 0.29) is 16.3 Å². The second-order valence-corrected chi connectivity index (χ2v) is 6.34. The van der Waals surface area contributed by atoms with Gasteiger partial charge in [-0.15, -0.1) is 0 Å². The molecule has 0 saturated carbocycles. The number of carbonyl (C=O) groups excluding carboxylic acids is 1. The molecular weight excluding hydrogens is 382 g/mol. The van der Waals surface area contributed by atoms with Crippen LogP contribution in [0.1, 0.15) is 23.2 Å². The zero-order valence-corrected chi connectivity index (χ0v) is 14.3. The molecular formula is C16H13BrClN3O2. The van der Waals surface area contributed by atoms with E-state index in [2.05, 4.69) is 43.9 Å². The van der Waals surface area contributed by atoms with Gasteiger partial charge in [0.05, 0.1) is 15.9 Å². The van der Waals surface area contributed by atoms with E-state index in [0.29, 0.717) is 10.3 Å². The first-order valence-corrected chi connectivity index (χ1v) is 8.13. The number of nitrogens with one attached hydrogen (secondary N) is 2. The minimum atomic E-state index is -0.513. The van der Waals surface area contributed by atoms with Gasteiger partial charge in [0.25, 0.3) is 5.91 Å². The van der Waals surface area contributed by atoms with Gasteiger partial charge in [0.15, 0.2) is 0 Å². The highest BCUT2D eigenvalue weighted by molar-refractivity contribution is 9.10. The minimum Gasteiger partial charge on any atom is -0.506 e. The third-order valence-corrected chi connectivity index (χ3v) is 4.15. The van der Waals surface area contributed by atoms with Crippen molar-refractivity contribution in [2.24, 2.45) is 0 Å². The topological polar surface area (TPSA) is 74.2 Å². The van der Waals surface area contributed by atoms with Crippen LogP contribution in [0.15, 0.2) is 28.7 Å². The van der Waals surface area contributed by atoms with Gasteiger partial charge in [0.2, 0.25) is 0 Å². The number of phenolic OH excluding ortho intramolecular Hbond substituents is 1. The highest BCUT2D eigenvalue weighted by atomic mass is 79.9. The van der Waals surface area contributed by atoms with Crippen molar-refractivity contribution in [1.29, 1.82) is 0 Å². The molecule has 0 bridgehead atoms. The van der Waals surface area contributed by atoms with Gasteiger partial charge in [-0.2, -0.15) is 0 Å². The second kappa shape index (κ2) is 6.60. The van der Waals surface area contributed by atoms with Crippen molar-refractivity contribution in [3.63, 3.8) is 0 Å². The van der Waals surface area contributed by atoms with Gasteiger partial charge in [0.1, 0.15) is 11.6 Å². The number of hydrazine groups is 1. The average Bonchev–Trinajstić information content (AvgIpc) is 2.55. The Morgan fingerprint density at radius 3 is 2.87 bits per heavy atom. The zero-order valence-electron chi connectivity index (χ0n) is 11.9. The van der Waals surface area contributed by atoms with Crippen molar-refractivity contribution in [2.45, 2.75) is 12.8 Å². The summed E-state index contributed by atoms with van der Waals surface area (Å²) in [4.78, 5) is 16.6. The van der Waals surface area contributed by atoms with Crippen LogP contribution in [0.4, 0.5) is 5.82 Å². The molecule has 1 heterocycles. The van der Waals surface area contributed by atoms with Crippen LogP contribution in [0.5, 0.6) is 5.75 Å². The minimum absolute atomic E-state index is 0.0646. The molecule has 1 aliphatic rings. The lowest BCUT2D eigenvalue weighted by molar-refractivity contribution is 0.0960. The first-order chi connectivity index (χ1) is 11.0. The Labute approximate surface area is 145 Å². The molecule has 1 aromatic heterocycles. The summed E-state index contributed by atoms with van der Waals surface area (Å²) in [5.74, 6) is -0.263. The van der Waals surface area contributed by atoms with E-state index < -0.39 is 5.91 Å². The van der Waals surface area contributed by atoms with Crippen LogP contribution in [0.2, 0.25) is 5.02 Å². The highest BCUT2D eigenvalue weighted by Crippen LogP contribution is 2.31. The van der Waals surface area contributed by atoms with Crippen LogP contribution in [-0.4, -0.2) is 16.0 Å². The van der Waals surface area contributed by atoms with Crippen LogP contribution >= 0.6 is 27.5 Å². The lowest BCUT2D eigenvalue weighted by atomic mass is 10.1. The van der Waals surface area contributed by atoms with Crippen molar-refractivity contribution in [3.8, 4) is 5.75 Å². The molecule has 5 nitrogen and oxygen atoms in total. The number of nitrogens with zero attached hydrogens (tertiary/aromatic N) is 1. The van der Waals surface area contributed by atoms with Gasteiger partial charge in [0, 0.05) is 4.47 Å². The Balaban J connectivity index is 1.78. The Kier molecular flexibility index (Phi) is 4.54. The van der Waals surface area contributed by atoms with Crippen molar-refractivity contribution < 1.29 is 9.90 Å². The standard InChI is InChI=1S/C16H13BrClN3O2/c17-10-7-11(15(22)12(18)8-10)16(23)21-20-14-6-5-9-3-1-2-4-13(9)19-14/h3-8,22H,1-2H2,(H,19,20)(H,21,23). The number of aromatic nitrogens is 1. The van der Waals surface area contributed by atoms with Crippen molar-refractivity contribution in [3.05, 3.63) is 49.9 Å². The lowest BCUT2D eigenvalue weighted by Gasteiger charge is -2.10. The van der Waals surface area contributed by atoms with E-state index in [1.54, 1.807) is 6.07 Å². The number of aromatic hydroxyl groups is 1. The SMILES string of the molecule is O=C(NNc1ccc2c(n1)=CCCC=2)c1cc(Br)cc(Cl)c1O. The van der Waals surface area contributed by atoms with Crippen LogP contribution < -0.4 is 21.4 Å². The smallest absolute Gasteiger partial charge is 0.273 e. The molecule has 23 heavy (non-hydrogen) atoms. The molecule has 0 radical (unpaired) electrons. The lowest BCUT2D eigenvalue weighted by Crippen LogP contribution is -2.34.